The molecule has 90 valence electrons. The van der Waals surface area contributed by atoms with Gasteiger partial charge in [-0.1, -0.05) is 23.7 Å². The minimum atomic E-state index is -0.791. The van der Waals surface area contributed by atoms with Crippen molar-refractivity contribution in [3.05, 3.63) is 38.4 Å². The summed E-state index contributed by atoms with van der Waals surface area (Å²) < 4.78 is 11.1. The maximum absolute atomic E-state index is 11.5. The first-order valence-electron chi connectivity index (χ1n) is 4.92. The third kappa shape index (κ3) is 2.04. The van der Waals surface area contributed by atoms with Crippen LogP contribution in [0, 0.1) is 0 Å². The summed E-state index contributed by atoms with van der Waals surface area (Å²) in [4.78, 5) is 11.5. The summed E-state index contributed by atoms with van der Waals surface area (Å²) in [6.45, 7) is 1.82. The highest BCUT2D eigenvalue weighted by molar-refractivity contribution is 14.1. The van der Waals surface area contributed by atoms with E-state index >= 15 is 0 Å². The van der Waals surface area contributed by atoms with Gasteiger partial charge >= 0.3 is 5.97 Å². The fourth-order valence-corrected chi connectivity index (χ4v) is 2.53. The molecule has 0 amide bonds. The molecule has 0 N–H and O–H groups in total. The van der Waals surface area contributed by atoms with Crippen LogP contribution in [0.4, 0.5) is 0 Å². The zero-order chi connectivity index (χ0) is 12.6. The topological polar surface area (TPSA) is 35.5 Å². The van der Waals surface area contributed by atoms with Gasteiger partial charge in [-0.3, -0.25) is 0 Å². The molecule has 1 unspecified atom stereocenters. The number of hydrogen-bond acceptors (Lipinski definition) is 3. The van der Waals surface area contributed by atoms with E-state index in [1.807, 2.05) is 53.8 Å². The van der Waals surface area contributed by atoms with E-state index in [0.29, 0.717) is 3.58 Å². The van der Waals surface area contributed by atoms with Gasteiger partial charge in [-0.25, -0.2) is 4.79 Å². The van der Waals surface area contributed by atoms with Gasteiger partial charge in [0.1, 0.15) is 10.8 Å². The van der Waals surface area contributed by atoms with Gasteiger partial charge < -0.3 is 9.47 Å². The van der Waals surface area contributed by atoms with Gasteiger partial charge in [0.05, 0.1) is 10.7 Å². The van der Waals surface area contributed by atoms with E-state index in [9.17, 15) is 4.79 Å². The Balaban J connectivity index is 2.43. The number of carbonyl (C=O) groups excluding carboxylic acids is 1. The van der Waals surface area contributed by atoms with Crippen molar-refractivity contribution in [3.63, 3.8) is 0 Å². The molecule has 1 atom stereocenters. The highest BCUT2D eigenvalue weighted by Gasteiger charge is 2.43. The Morgan fingerprint density at radius 3 is 2.35 bits per heavy atom. The van der Waals surface area contributed by atoms with Crippen molar-refractivity contribution in [2.24, 2.45) is 0 Å². The molecule has 0 radical (unpaired) electrons. The van der Waals surface area contributed by atoms with Gasteiger partial charge in [-0.2, -0.15) is 0 Å². The Bertz CT molecular complexity index is 495. The van der Waals surface area contributed by atoms with Crippen LogP contribution in [-0.2, 0) is 15.1 Å². The van der Waals surface area contributed by atoms with Crippen molar-refractivity contribution in [2.75, 3.05) is 7.11 Å². The number of rotatable bonds is 2. The minimum absolute atomic E-state index is 0.156. The number of carbonyl (C=O) groups is 1. The maximum Gasteiger partial charge on any atom is 0.351 e. The lowest BCUT2D eigenvalue weighted by Gasteiger charge is -2.24. The summed E-state index contributed by atoms with van der Waals surface area (Å²) in [5, 5.41) is 0.156. The van der Waals surface area contributed by atoms with Crippen LogP contribution in [0.15, 0.2) is 32.9 Å². The van der Waals surface area contributed by atoms with E-state index in [1.165, 1.54) is 0 Å². The van der Waals surface area contributed by atoms with Crippen molar-refractivity contribution in [2.45, 2.75) is 12.5 Å². The van der Waals surface area contributed by atoms with Crippen LogP contribution < -0.4 is 4.74 Å². The number of esters is 1. The molecule has 0 saturated carbocycles. The Kier molecular flexibility index (Phi) is 3.36. The Labute approximate surface area is 118 Å². The first kappa shape index (κ1) is 12.7. The lowest BCUT2D eigenvalue weighted by atomic mass is 9.96. The molecule has 0 saturated heterocycles. The first-order valence-corrected chi connectivity index (χ1v) is 6.38. The second-order valence-corrected chi connectivity index (χ2v) is 5.24. The second kappa shape index (κ2) is 4.49. The average molecular weight is 365 g/mol. The average Bonchev–Trinajstić information content (AvgIpc) is 2.55. The van der Waals surface area contributed by atoms with Crippen molar-refractivity contribution in [1.29, 1.82) is 0 Å². The van der Waals surface area contributed by atoms with E-state index in [2.05, 4.69) is 0 Å². The first-order chi connectivity index (χ1) is 7.99. The third-order valence-electron chi connectivity index (χ3n) is 2.73. The van der Waals surface area contributed by atoms with E-state index in [1.54, 1.807) is 7.11 Å². The van der Waals surface area contributed by atoms with Gasteiger partial charge in [0.2, 0.25) is 0 Å². The van der Waals surface area contributed by atoms with Crippen LogP contribution in [0.3, 0.4) is 0 Å². The Morgan fingerprint density at radius 1 is 1.35 bits per heavy atom. The molecular formula is C12H10ClIO3. The number of ether oxygens (including phenoxy) is 2. The van der Waals surface area contributed by atoms with Crippen LogP contribution in [0.2, 0.25) is 0 Å². The smallest absolute Gasteiger partial charge is 0.351 e. The molecule has 17 heavy (non-hydrogen) atoms. The molecule has 1 heterocycles. The van der Waals surface area contributed by atoms with Gasteiger partial charge in [0.25, 0.3) is 0 Å². The minimum Gasteiger partial charge on any atom is -0.497 e. The zero-order valence-electron chi connectivity index (χ0n) is 9.29. The van der Waals surface area contributed by atoms with Gasteiger partial charge in [0.15, 0.2) is 5.60 Å². The highest BCUT2D eigenvalue weighted by Crippen LogP contribution is 2.46. The van der Waals surface area contributed by atoms with Crippen LogP contribution in [0.1, 0.15) is 12.5 Å². The molecule has 5 heteroatoms. The van der Waals surface area contributed by atoms with Crippen molar-refractivity contribution in [3.8, 4) is 5.75 Å². The van der Waals surface area contributed by atoms with Gasteiger partial charge in [-0.05, 0) is 41.6 Å². The molecule has 0 bridgehead atoms. The van der Waals surface area contributed by atoms with Gasteiger partial charge in [0, 0.05) is 5.56 Å². The van der Waals surface area contributed by atoms with E-state index < -0.39 is 11.6 Å². The summed E-state index contributed by atoms with van der Waals surface area (Å²) >= 11 is 7.92. The molecule has 3 nitrogen and oxygen atoms in total. The SMILES string of the molecule is COc1ccc(C2(C)OC(=O)C(Cl)=C2I)cc1. The molecule has 0 fully saturated rings. The molecule has 1 aliphatic rings. The summed E-state index contributed by atoms with van der Waals surface area (Å²) in [6, 6.07) is 7.37. The summed E-state index contributed by atoms with van der Waals surface area (Å²) in [5.41, 5.74) is 0.0766. The van der Waals surface area contributed by atoms with Crippen LogP contribution >= 0.6 is 34.2 Å². The Morgan fingerprint density at radius 2 is 1.94 bits per heavy atom. The predicted octanol–water partition coefficient (Wildman–Crippen LogP) is 3.35. The number of halogens is 2. The summed E-state index contributed by atoms with van der Waals surface area (Å²) in [6.07, 6.45) is 0. The second-order valence-electron chi connectivity index (χ2n) is 3.78. The largest absolute Gasteiger partial charge is 0.497 e. The number of benzene rings is 1. The molecular weight excluding hydrogens is 354 g/mol. The predicted molar refractivity (Wildman–Crippen MR) is 73.3 cm³/mol. The number of hydrogen-bond donors (Lipinski definition) is 0. The van der Waals surface area contributed by atoms with Crippen molar-refractivity contribution in [1.82, 2.24) is 0 Å². The monoisotopic (exact) mass is 364 g/mol. The molecule has 0 aliphatic carbocycles. The van der Waals surface area contributed by atoms with Crippen molar-refractivity contribution >= 4 is 40.2 Å². The lowest BCUT2D eigenvalue weighted by molar-refractivity contribution is -0.145. The summed E-state index contributed by atoms with van der Waals surface area (Å²) in [7, 11) is 1.60. The number of methoxy groups -OCH3 is 1. The molecule has 0 aromatic heterocycles. The van der Waals surface area contributed by atoms with Crippen LogP contribution in [0.25, 0.3) is 0 Å². The van der Waals surface area contributed by atoms with E-state index in [0.717, 1.165) is 11.3 Å². The molecule has 1 aliphatic heterocycles. The third-order valence-corrected chi connectivity index (χ3v) is 4.96. The van der Waals surface area contributed by atoms with Gasteiger partial charge in [-0.15, -0.1) is 0 Å². The normalized spacial score (nSPS) is 23.9. The van der Waals surface area contributed by atoms with Crippen molar-refractivity contribution < 1.29 is 14.3 Å². The molecule has 1 aromatic rings. The quantitative estimate of drug-likeness (QED) is 0.596. The fraction of sp³-hybridized carbons (Fsp3) is 0.250. The molecule has 2 rings (SSSR count). The number of cyclic esters (lactones) is 1. The lowest BCUT2D eigenvalue weighted by Crippen LogP contribution is -2.23. The summed E-state index contributed by atoms with van der Waals surface area (Å²) in [5.74, 6) is 0.279. The van der Waals surface area contributed by atoms with E-state index in [4.69, 9.17) is 21.1 Å². The molecule has 1 aromatic carbocycles. The van der Waals surface area contributed by atoms with Crippen LogP contribution in [-0.4, -0.2) is 13.1 Å². The highest BCUT2D eigenvalue weighted by atomic mass is 127. The standard InChI is InChI=1S/C12H10ClIO3/c1-12(10(14)9(13)11(15)17-12)7-3-5-8(16-2)6-4-7/h3-6H,1-2H3. The van der Waals surface area contributed by atoms with Crippen LogP contribution in [0.5, 0.6) is 5.75 Å². The molecule has 0 spiro atoms. The Hall–Kier alpha value is -0.750. The maximum atomic E-state index is 11.5. The fourth-order valence-electron chi connectivity index (χ4n) is 1.67. The van der Waals surface area contributed by atoms with E-state index in [-0.39, 0.29) is 5.03 Å². The zero-order valence-corrected chi connectivity index (χ0v) is 12.2.